The lowest BCUT2D eigenvalue weighted by molar-refractivity contribution is -0.179. The molecule has 2 heterocycles. The second kappa shape index (κ2) is 5.14. The Balaban J connectivity index is 1.79. The molecule has 1 aliphatic heterocycles. The van der Waals surface area contributed by atoms with Crippen molar-refractivity contribution in [2.75, 3.05) is 13.2 Å². The number of pyridine rings is 1. The number of nitrogens with one attached hydrogen (secondary N) is 1. The fourth-order valence-corrected chi connectivity index (χ4v) is 3.10. The maximum atomic E-state index is 12.8. The molecule has 1 N–H and O–H groups in total. The van der Waals surface area contributed by atoms with Gasteiger partial charge in [-0.15, -0.1) is 0 Å². The molecule has 1 saturated carbocycles. The monoisotopic (exact) mass is 303 g/mol. The smallest absolute Gasteiger partial charge is 0.348 e. The minimum absolute atomic E-state index is 0.0987. The van der Waals surface area contributed by atoms with Crippen LogP contribution in [0.5, 0.6) is 0 Å². The summed E-state index contributed by atoms with van der Waals surface area (Å²) in [7, 11) is 0. The quantitative estimate of drug-likeness (QED) is 0.868. The predicted molar refractivity (Wildman–Crippen MR) is 67.9 cm³/mol. The van der Waals surface area contributed by atoms with E-state index in [1.54, 1.807) is 0 Å². The largest absolute Gasteiger partial charge is 0.416 e. The van der Waals surface area contributed by atoms with Crippen LogP contribution in [-0.2, 0) is 15.7 Å². The molecule has 0 unspecified atom stereocenters. The summed E-state index contributed by atoms with van der Waals surface area (Å²) in [5.74, 6) is -0.656. The molecule has 2 aliphatic rings. The lowest BCUT2D eigenvalue weighted by Gasteiger charge is -2.35. The summed E-state index contributed by atoms with van der Waals surface area (Å²) in [4.78, 5) is 14.0. The van der Waals surface area contributed by atoms with E-state index in [4.69, 9.17) is 9.47 Å². The molecule has 7 heteroatoms. The van der Waals surface area contributed by atoms with Crippen LogP contribution in [0.15, 0.2) is 16.9 Å². The summed E-state index contributed by atoms with van der Waals surface area (Å²) < 4.78 is 49.5. The van der Waals surface area contributed by atoms with Gasteiger partial charge in [0.1, 0.15) is 0 Å². The van der Waals surface area contributed by atoms with Crippen LogP contribution in [0.25, 0.3) is 0 Å². The Morgan fingerprint density at radius 2 is 1.76 bits per heavy atom. The molecular weight excluding hydrogens is 287 g/mol. The first-order valence-electron chi connectivity index (χ1n) is 6.97. The molecule has 116 valence electrons. The zero-order chi connectivity index (χ0) is 15.1. The van der Waals surface area contributed by atoms with Crippen LogP contribution in [0.4, 0.5) is 13.2 Å². The SMILES string of the molecule is O=c1cc(C(F)(F)F)cc(C2CCC3(CC2)OCCO3)[nH]1. The van der Waals surface area contributed by atoms with Crippen LogP contribution < -0.4 is 5.56 Å². The highest BCUT2D eigenvalue weighted by molar-refractivity contribution is 5.22. The molecule has 1 aliphatic carbocycles. The first kappa shape index (κ1) is 14.6. The van der Waals surface area contributed by atoms with E-state index in [-0.39, 0.29) is 5.92 Å². The molecule has 1 aromatic heterocycles. The van der Waals surface area contributed by atoms with Gasteiger partial charge in [0.25, 0.3) is 0 Å². The van der Waals surface area contributed by atoms with Crippen molar-refractivity contribution in [1.29, 1.82) is 0 Å². The molecular formula is C14H16F3NO3. The van der Waals surface area contributed by atoms with Crippen LogP contribution >= 0.6 is 0 Å². The lowest BCUT2D eigenvalue weighted by Crippen LogP contribution is -2.35. The highest BCUT2D eigenvalue weighted by Crippen LogP contribution is 2.42. The molecule has 0 bridgehead atoms. The normalized spacial score (nSPS) is 22.8. The molecule has 0 atom stereocenters. The Kier molecular flexibility index (Phi) is 3.57. The number of halogens is 3. The van der Waals surface area contributed by atoms with Gasteiger partial charge in [-0.2, -0.15) is 13.2 Å². The molecule has 4 nitrogen and oxygen atoms in total. The molecule has 0 amide bonds. The van der Waals surface area contributed by atoms with Crippen molar-refractivity contribution in [3.63, 3.8) is 0 Å². The minimum atomic E-state index is -4.50. The van der Waals surface area contributed by atoms with Crippen molar-refractivity contribution in [3.05, 3.63) is 33.7 Å². The fourth-order valence-electron chi connectivity index (χ4n) is 3.10. The average Bonchev–Trinajstić information content (AvgIpc) is 2.86. The maximum Gasteiger partial charge on any atom is 0.416 e. The first-order chi connectivity index (χ1) is 9.88. The van der Waals surface area contributed by atoms with Gasteiger partial charge in [-0.3, -0.25) is 4.79 Å². The molecule has 1 spiro atoms. The summed E-state index contributed by atoms with van der Waals surface area (Å²) >= 11 is 0. The van der Waals surface area contributed by atoms with E-state index >= 15 is 0 Å². The van der Waals surface area contributed by atoms with Gasteiger partial charge in [0.2, 0.25) is 5.56 Å². The maximum absolute atomic E-state index is 12.8. The Morgan fingerprint density at radius 3 is 2.33 bits per heavy atom. The van der Waals surface area contributed by atoms with Gasteiger partial charge in [0.15, 0.2) is 5.79 Å². The standard InChI is InChI=1S/C14H16F3NO3/c15-14(16,17)10-7-11(18-12(19)8-10)9-1-3-13(4-2-9)20-5-6-21-13/h7-9H,1-6H2,(H,18,19). The van der Waals surface area contributed by atoms with Crippen molar-refractivity contribution in [2.45, 2.75) is 43.6 Å². The van der Waals surface area contributed by atoms with Crippen molar-refractivity contribution in [2.24, 2.45) is 0 Å². The van der Waals surface area contributed by atoms with Crippen LogP contribution in [0, 0.1) is 0 Å². The second-order valence-corrected chi connectivity index (χ2v) is 5.57. The van der Waals surface area contributed by atoms with Crippen LogP contribution in [0.1, 0.15) is 42.9 Å². The Labute approximate surface area is 119 Å². The summed E-state index contributed by atoms with van der Waals surface area (Å²) in [6, 6.07) is 1.64. The van der Waals surface area contributed by atoms with E-state index in [9.17, 15) is 18.0 Å². The summed E-state index contributed by atoms with van der Waals surface area (Å²) in [6.07, 6.45) is -1.96. The van der Waals surface area contributed by atoms with Crippen molar-refractivity contribution in [3.8, 4) is 0 Å². The van der Waals surface area contributed by atoms with Crippen molar-refractivity contribution in [1.82, 2.24) is 4.98 Å². The number of rotatable bonds is 1. The van der Waals surface area contributed by atoms with E-state index in [0.717, 1.165) is 6.07 Å². The number of H-pyrrole nitrogens is 1. The molecule has 21 heavy (non-hydrogen) atoms. The summed E-state index contributed by atoms with van der Waals surface area (Å²) in [6.45, 7) is 1.12. The van der Waals surface area contributed by atoms with E-state index in [2.05, 4.69) is 4.98 Å². The summed E-state index contributed by atoms with van der Waals surface area (Å²) in [5.41, 5.74) is -1.26. The van der Waals surface area contributed by atoms with Crippen molar-refractivity contribution >= 4 is 0 Å². The van der Waals surface area contributed by atoms with Gasteiger partial charge in [-0.1, -0.05) is 0 Å². The minimum Gasteiger partial charge on any atom is -0.348 e. The number of alkyl halides is 3. The average molecular weight is 303 g/mol. The molecule has 0 radical (unpaired) electrons. The molecule has 2 fully saturated rings. The van der Waals surface area contributed by atoms with Crippen LogP contribution in [0.2, 0.25) is 0 Å². The highest BCUT2D eigenvalue weighted by Gasteiger charge is 2.41. The number of hydrogen-bond donors (Lipinski definition) is 1. The van der Waals surface area contributed by atoms with E-state index < -0.39 is 23.1 Å². The molecule has 1 saturated heterocycles. The van der Waals surface area contributed by atoms with Gasteiger partial charge in [0, 0.05) is 24.6 Å². The second-order valence-electron chi connectivity index (χ2n) is 5.57. The van der Waals surface area contributed by atoms with Gasteiger partial charge in [-0.05, 0) is 24.8 Å². The number of ether oxygens (including phenoxy) is 2. The molecule has 1 aromatic rings. The molecule has 3 rings (SSSR count). The molecule has 0 aromatic carbocycles. The fraction of sp³-hybridized carbons (Fsp3) is 0.643. The first-order valence-corrected chi connectivity index (χ1v) is 6.97. The third-order valence-corrected chi connectivity index (χ3v) is 4.19. The zero-order valence-electron chi connectivity index (χ0n) is 11.3. The number of aromatic nitrogens is 1. The van der Waals surface area contributed by atoms with Crippen LogP contribution in [-0.4, -0.2) is 24.0 Å². The third kappa shape index (κ3) is 2.98. The van der Waals surface area contributed by atoms with Gasteiger partial charge in [-0.25, -0.2) is 0 Å². The predicted octanol–water partition coefficient (Wildman–Crippen LogP) is 2.79. The highest BCUT2D eigenvalue weighted by atomic mass is 19.4. The van der Waals surface area contributed by atoms with Crippen molar-refractivity contribution < 1.29 is 22.6 Å². The van der Waals surface area contributed by atoms with E-state index in [1.807, 2.05) is 0 Å². The van der Waals surface area contributed by atoms with E-state index in [1.165, 1.54) is 0 Å². The topological polar surface area (TPSA) is 51.3 Å². The number of aromatic amines is 1. The van der Waals surface area contributed by atoms with Gasteiger partial charge in [0.05, 0.1) is 18.8 Å². The Morgan fingerprint density at radius 1 is 1.14 bits per heavy atom. The van der Waals surface area contributed by atoms with E-state index in [0.29, 0.717) is 50.7 Å². The van der Waals surface area contributed by atoms with Gasteiger partial charge >= 0.3 is 6.18 Å². The zero-order valence-corrected chi connectivity index (χ0v) is 11.3. The Bertz CT molecular complexity index is 566. The lowest BCUT2D eigenvalue weighted by atomic mass is 9.82. The summed E-state index contributed by atoms with van der Waals surface area (Å²) in [5, 5.41) is 0. The number of hydrogen-bond acceptors (Lipinski definition) is 3. The van der Waals surface area contributed by atoms with Gasteiger partial charge < -0.3 is 14.5 Å². The van der Waals surface area contributed by atoms with Crippen LogP contribution in [0.3, 0.4) is 0 Å². The Hall–Kier alpha value is -1.34. The third-order valence-electron chi connectivity index (χ3n) is 4.19.